The molecule has 11 nitrogen and oxygen atoms in total. The molecule has 37 heavy (non-hydrogen) atoms. The largest absolute Gasteiger partial charge is 0.443 e. The number of aliphatic imine (C=N–C) groups is 1. The van der Waals surface area contributed by atoms with E-state index in [0.717, 1.165) is 0 Å². The maximum atomic E-state index is 13.5. The van der Waals surface area contributed by atoms with E-state index in [2.05, 4.69) is 15.6 Å². The van der Waals surface area contributed by atoms with Gasteiger partial charge in [0.05, 0.1) is 6.04 Å². The van der Waals surface area contributed by atoms with Crippen molar-refractivity contribution < 1.29 is 46.0 Å². The molecule has 0 saturated heterocycles. The Hall–Kier alpha value is -2.19. The van der Waals surface area contributed by atoms with E-state index in [9.17, 15) is 41.2 Å². The summed E-state index contributed by atoms with van der Waals surface area (Å²) in [5.41, 5.74) is -3.51. The summed E-state index contributed by atoms with van der Waals surface area (Å²) in [7, 11) is -5.00. The zero-order valence-corrected chi connectivity index (χ0v) is 22.3. The lowest BCUT2D eigenvalue weighted by Gasteiger charge is -2.38. The number of aliphatic hydroxyl groups is 1. The second-order valence-corrected chi connectivity index (χ2v) is 12.3. The molecule has 0 bridgehead atoms. The smallest absolute Gasteiger partial charge is 0.408 e. The predicted octanol–water partition coefficient (Wildman–Crippen LogP) is 2.43. The molecular weight excluding hydrogens is 516 g/mol. The molecule has 0 aromatic carbocycles. The number of aliphatic hydroxyl groups excluding tert-OH is 1. The van der Waals surface area contributed by atoms with E-state index in [1.165, 1.54) is 6.21 Å². The molecule has 1 heterocycles. The van der Waals surface area contributed by atoms with Crippen LogP contribution in [0.5, 0.6) is 0 Å². The van der Waals surface area contributed by atoms with E-state index in [-0.39, 0.29) is 56.8 Å². The van der Waals surface area contributed by atoms with Crippen molar-refractivity contribution in [3.63, 3.8) is 0 Å². The second-order valence-electron chi connectivity index (χ2n) is 10.8. The van der Waals surface area contributed by atoms with Crippen LogP contribution < -0.4 is 10.6 Å². The molecule has 1 aliphatic carbocycles. The number of carbonyl (C=O) groups is 3. The minimum atomic E-state index is -5.00. The summed E-state index contributed by atoms with van der Waals surface area (Å²) in [6.45, 7) is 6.77. The van der Waals surface area contributed by atoms with Crippen molar-refractivity contribution in [2.75, 3.05) is 0 Å². The van der Waals surface area contributed by atoms with Crippen molar-refractivity contribution in [3.8, 4) is 0 Å². The maximum Gasteiger partial charge on any atom is 0.408 e. The first-order valence-corrected chi connectivity index (χ1v) is 13.8. The van der Waals surface area contributed by atoms with Gasteiger partial charge in [-0.3, -0.25) is 14.1 Å². The zero-order valence-electron chi connectivity index (χ0n) is 21.4. The molecule has 4 N–H and O–H groups in total. The third-order valence-corrected chi connectivity index (χ3v) is 7.78. The Morgan fingerprint density at radius 3 is 2.32 bits per heavy atom. The van der Waals surface area contributed by atoms with Gasteiger partial charge in [0, 0.05) is 25.0 Å². The number of carbonyl (C=O) groups excluding carboxylic acids is 3. The molecule has 2 aliphatic rings. The molecule has 0 aromatic rings. The maximum absolute atomic E-state index is 13.5. The molecule has 14 heteroatoms. The van der Waals surface area contributed by atoms with Gasteiger partial charge < -0.3 is 20.5 Å². The van der Waals surface area contributed by atoms with E-state index < -0.39 is 63.0 Å². The fraction of sp³-hybridized carbons (Fsp3) is 0.826. The molecule has 0 radical (unpaired) electrons. The molecule has 0 spiro atoms. The monoisotopic (exact) mass is 553 g/mol. The molecule has 1 fully saturated rings. The molecule has 0 unspecified atom stereocenters. The van der Waals surface area contributed by atoms with Crippen molar-refractivity contribution in [3.05, 3.63) is 0 Å². The first kappa shape index (κ1) is 31.0. The number of nitrogens with zero attached hydrogens (tertiary/aromatic N) is 1. The summed E-state index contributed by atoms with van der Waals surface area (Å²) >= 11 is 0. The van der Waals surface area contributed by atoms with Gasteiger partial charge in [0.1, 0.15) is 11.6 Å². The van der Waals surface area contributed by atoms with Crippen molar-refractivity contribution in [2.45, 2.75) is 102 Å². The minimum absolute atomic E-state index is 0.108. The molecule has 0 aromatic heterocycles. The third-order valence-electron chi connectivity index (χ3n) is 6.84. The van der Waals surface area contributed by atoms with E-state index >= 15 is 0 Å². The highest BCUT2D eigenvalue weighted by Crippen LogP contribution is 2.41. The van der Waals surface area contributed by atoms with Gasteiger partial charge in [-0.1, -0.05) is 13.8 Å². The fourth-order valence-corrected chi connectivity index (χ4v) is 5.24. The quantitative estimate of drug-likeness (QED) is 0.283. The lowest BCUT2D eigenvalue weighted by Crippen LogP contribution is -2.55. The third kappa shape index (κ3) is 9.25. The van der Waals surface area contributed by atoms with Crippen molar-refractivity contribution in [1.82, 2.24) is 10.6 Å². The number of amides is 3. The van der Waals surface area contributed by atoms with Crippen LogP contribution in [-0.4, -0.2) is 71.2 Å². The number of ether oxygens (including phenoxy) is 1. The van der Waals surface area contributed by atoms with Crippen LogP contribution in [0.15, 0.2) is 4.99 Å². The average molecular weight is 554 g/mol. The first-order chi connectivity index (χ1) is 16.9. The van der Waals surface area contributed by atoms with Gasteiger partial charge in [-0.2, -0.15) is 8.42 Å². The van der Waals surface area contributed by atoms with Gasteiger partial charge in [0.25, 0.3) is 10.1 Å². The number of halogens is 2. The molecule has 212 valence electrons. The summed E-state index contributed by atoms with van der Waals surface area (Å²) in [5.74, 6) is -5.38. The second kappa shape index (κ2) is 12.1. The predicted molar refractivity (Wildman–Crippen MR) is 130 cm³/mol. The number of rotatable bonds is 11. The van der Waals surface area contributed by atoms with Crippen LogP contribution in [-0.2, 0) is 24.4 Å². The zero-order chi connectivity index (χ0) is 28.2. The van der Waals surface area contributed by atoms with Crippen LogP contribution in [0.3, 0.4) is 0 Å². The summed E-state index contributed by atoms with van der Waals surface area (Å²) < 4.78 is 65.1. The number of alkyl carbamates (subject to hydrolysis) is 1. The van der Waals surface area contributed by atoms with Crippen LogP contribution in [0.4, 0.5) is 13.6 Å². The normalized spacial score (nSPS) is 22.9. The molecule has 1 saturated carbocycles. The lowest BCUT2D eigenvalue weighted by molar-refractivity contribution is -0.126. The Balaban J connectivity index is 2.11. The van der Waals surface area contributed by atoms with Crippen molar-refractivity contribution in [1.29, 1.82) is 0 Å². The van der Waals surface area contributed by atoms with Gasteiger partial charge in [-0.25, -0.2) is 18.6 Å². The molecular formula is C23H37F2N3O8S. The Morgan fingerprint density at radius 2 is 1.84 bits per heavy atom. The topological polar surface area (TPSA) is 171 Å². The van der Waals surface area contributed by atoms with Gasteiger partial charge in [0.2, 0.25) is 23.2 Å². The van der Waals surface area contributed by atoms with Crippen LogP contribution >= 0.6 is 0 Å². The van der Waals surface area contributed by atoms with Gasteiger partial charge in [-0.15, -0.1) is 0 Å². The van der Waals surface area contributed by atoms with Gasteiger partial charge >= 0.3 is 6.09 Å². The highest BCUT2D eigenvalue weighted by atomic mass is 32.2. The molecule has 2 rings (SSSR count). The Bertz CT molecular complexity index is 976. The number of alkyl halides is 2. The van der Waals surface area contributed by atoms with Crippen LogP contribution in [0.2, 0.25) is 0 Å². The lowest BCUT2D eigenvalue weighted by atomic mass is 9.77. The molecule has 3 amide bonds. The van der Waals surface area contributed by atoms with E-state index in [4.69, 9.17) is 4.74 Å². The fourth-order valence-electron chi connectivity index (χ4n) is 4.65. The summed E-state index contributed by atoms with van der Waals surface area (Å²) in [5, 5.41) is 14.9. The van der Waals surface area contributed by atoms with Crippen LogP contribution in [0.1, 0.15) is 72.6 Å². The Kier molecular flexibility index (Phi) is 10.2. The molecule has 1 aliphatic heterocycles. The number of nitrogens with one attached hydrogen (secondary N) is 2. The standard InChI is InChI=1S/C23H37F2N3O8S/c1-13(2)11-16(28-21(32)36-22(3,4)15-5-8-23(24,25)9-6-15)19(30)27-17(20(31)37(33,34)35)12-14-7-10-26-18(14)29/h10,13-17,20,31H,5-9,11-12H2,1-4H3,(H,27,30)(H,28,32)(H,33,34,35)/t14-,16-,17-,20-/m0/s1. The summed E-state index contributed by atoms with van der Waals surface area (Å²) in [6.07, 6.45) is 0.0538. The van der Waals surface area contributed by atoms with Crippen LogP contribution in [0.25, 0.3) is 0 Å². The number of hydrogen-bond donors (Lipinski definition) is 4. The van der Waals surface area contributed by atoms with E-state index in [0.29, 0.717) is 0 Å². The van der Waals surface area contributed by atoms with E-state index in [1.807, 2.05) is 0 Å². The van der Waals surface area contributed by atoms with Crippen LogP contribution in [0, 0.1) is 17.8 Å². The first-order valence-electron chi connectivity index (χ1n) is 12.3. The SMILES string of the molecule is CC(C)C[C@H](NC(=O)OC(C)(C)C1CCC(F)(F)CC1)C(=O)N[C@@H](C[C@@H]1CC=NC1=O)[C@@H](O)S(=O)(=O)O. The Morgan fingerprint density at radius 1 is 1.24 bits per heavy atom. The van der Waals surface area contributed by atoms with E-state index in [1.54, 1.807) is 27.7 Å². The molecule has 4 atom stereocenters. The highest BCUT2D eigenvalue weighted by Gasteiger charge is 2.43. The van der Waals surface area contributed by atoms with Gasteiger partial charge in [0.15, 0.2) is 0 Å². The van der Waals surface area contributed by atoms with Crippen molar-refractivity contribution in [2.24, 2.45) is 22.7 Å². The number of hydrogen-bond acceptors (Lipinski definition) is 7. The van der Waals surface area contributed by atoms with Gasteiger partial charge in [-0.05, 0) is 57.8 Å². The summed E-state index contributed by atoms with van der Waals surface area (Å²) in [6, 6.07) is -2.78. The minimum Gasteiger partial charge on any atom is -0.443 e. The average Bonchev–Trinajstić information content (AvgIpc) is 3.14. The summed E-state index contributed by atoms with van der Waals surface area (Å²) in [4.78, 5) is 41.3. The Labute approximate surface area is 215 Å². The highest BCUT2D eigenvalue weighted by molar-refractivity contribution is 7.86. The van der Waals surface area contributed by atoms with Crippen molar-refractivity contribution >= 4 is 34.2 Å².